The minimum atomic E-state index is -0.848. The molecule has 190 valence electrons. The summed E-state index contributed by atoms with van der Waals surface area (Å²) in [6.07, 6.45) is 4.99. The minimum Gasteiger partial charge on any atom is -0.497 e. The number of carbonyl (C=O) groups is 1. The van der Waals surface area contributed by atoms with Crippen LogP contribution in [0.5, 0.6) is 17.4 Å². The number of halogens is 1. The zero-order valence-electron chi connectivity index (χ0n) is 20.6. The number of nitrogens with zero attached hydrogens (tertiary/aromatic N) is 3. The Hall–Kier alpha value is -3.75. The van der Waals surface area contributed by atoms with Gasteiger partial charge in [-0.15, -0.1) is 0 Å². The van der Waals surface area contributed by atoms with E-state index >= 15 is 0 Å². The van der Waals surface area contributed by atoms with Crippen LogP contribution in [0.25, 0.3) is 11.1 Å². The Morgan fingerprint density at radius 1 is 1.11 bits per heavy atom. The minimum absolute atomic E-state index is 0.0293. The molecule has 4 rings (SSSR count). The maximum atomic E-state index is 14.7. The predicted molar refractivity (Wildman–Crippen MR) is 131 cm³/mol. The molecule has 1 atom stereocenters. The summed E-state index contributed by atoms with van der Waals surface area (Å²) in [6.45, 7) is 4.61. The van der Waals surface area contributed by atoms with Crippen molar-refractivity contribution in [3.05, 3.63) is 60.1 Å². The molecule has 36 heavy (non-hydrogen) atoms. The van der Waals surface area contributed by atoms with Gasteiger partial charge in [-0.25, -0.2) is 14.4 Å². The van der Waals surface area contributed by atoms with Gasteiger partial charge in [0.25, 0.3) is 0 Å². The molecule has 0 amide bonds. The second kappa shape index (κ2) is 11.3. The molecular weight excluding hydrogens is 465 g/mol. The maximum Gasteiger partial charge on any atom is 0.304 e. The van der Waals surface area contributed by atoms with Crippen LogP contribution in [-0.4, -0.2) is 39.7 Å². The quantitative estimate of drug-likeness (QED) is 0.363. The molecule has 1 N–H and O–H groups in total. The first kappa shape index (κ1) is 25.3. The third-order valence-electron chi connectivity index (χ3n) is 5.96. The fraction of sp³-hybridized carbons (Fsp3) is 0.407. The molecule has 1 unspecified atom stereocenters. The Labute approximate surface area is 209 Å². The van der Waals surface area contributed by atoms with Crippen LogP contribution in [0.15, 0.2) is 42.9 Å². The Kier molecular flexibility index (Phi) is 7.97. The number of aromatic nitrogens is 3. The monoisotopic (exact) mass is 495 g/mol. The van der Waals surface area contributed by atoms with E-state index in [4.69, 9.17) is 14.2 Å². The zero-order chi connectivity index (χ0) is 25.7. The summed E-state index contributed by atoms with van der Waals surface area (Å²) in [4.78, 5) is 24.2. The molecule has 0 aliphatic heterocycles. The Morgan fingerprint density at radius 3 is 2.61 bits per heavy atom. The van der Waals surface area contributed by atoms with Gasteiger partial charge in [0.05, 0.1) is 31.5 Å². The summed E-state index contributed by atoms with van der Waals surface area (Å²) >= 11 is 0. The van der Waals surface area contributed by atoms with E-state index in [1.807, 2.05) is 13.8 Å². The van der Waals surface area contributed by atoms with E-state index in [9.17, 15) is 14.3 Å². The first-order valence-electron chi connectivity index (χ1n) is 12.0. The van der Waals surface area contributed by atoms with Crippen LogP contribution in [0.4, 0.5) is 4.39 Å². The van der Waals surface area contributed by atoms with Crippen LogP contribution in [0.3, 0.4) is 0 Å². The second-order valence-electron chi connectivity index (χ2n) is 9.33. The first-order valence-corrected chi connectivity index (χ1v) is 12.0. The molecule has 2 aromatic heterocycles. The van der Waals surface area contributed by atoms with Crippen molar-refractivity contribution < 1.29 is 28.5 Å². The van der Waals surface area contributed by atoms with Gasteiger partial charge in [0.15, 0.2) is 0 Å². The lowest BCUT2D eigenvalue weighted by Gasteiger charge is -2.16. The van der Waals surface area contributed by atoms with Gasteiger partial charge < -0.3 is 19.3 Å². The van der Waals surface area contributed by atoms with E-state index in [0.29, 0.717) is 52.4 Å². The molecule has 1 aliphatic carbocycles. The van der Waals surface area contributed by atoms with Crippen LogP contribution in [0.1, 0.15) is 50.4 Å². The maximum absolute atomic E-state index is 14.7. The van der Waals surface area contributed by atoms with Gasteiger partial charge in [-0.05, 0) is 42.9 Å². The highest BCUT2D eigenvalue weighted by molar-refractivity contribution is 5.71. The number of carboxylic acid groups (broad SMARTS) is 1. The van der Waals surface area contributed by atoms with E-state index in [0.717, 1.165) is 12.8 Å². The molecule has 0 bridgehead atoms. The number of ether oxygens (including phenoxy) is 3. The topological polar surface area (TPSA) is 104 Å². The number of hydrogen-bond acceptors (Lipinski definition) is 7. The zero-order valence-corrected chi connectivity index (χ0v) is 20.6. The Balaban J connectivity index is 1.55. The lowest BCUT2D eigenvalue weighted by molar-refractivity contribution is -0.137. The summed E-state index contributed by atoms with van der Waals surface area (Å²) in [7, 11) is 1.53. The van der Waals surface area contributed by atoms with Crippen LogP contribution >= 0.6 is 0 Å². The molecule has 0 radical (unpaired) electrons. The van der Waals surface area contributed by atoms with Crippen LogP contribution in [0, 0.1) is 17.7 Å². The van der Waals surface area contributed by atoms with Crippen molar-refractivity contribution in [3.63, 3.8) is 0 Å². The highest BCUT2D eigenvalue weighted by Gasteiger charge is 2.35. The second-order valence-corrected chi connectivity index (χ2v) is 9.33. The van der Waals surface area contributed by atoms with Crippen molar-refractivity contribution in [2.24, 2.45) is 11.8 Å². The molecule has 3 aromatic rings. The van der Waals surface area contributed by atoms with Gasteiger partial charge >= 0.3 is 5.97 Å². The summed E-state index contributed by atoms with van der Waals surface area (Å²) in [6, 6.07) is 7.95. The van der Waals surface area contributed by atoms with Crippen LogP contribution in [-0.2, 0) is 11.4 Å². The molecule has 1 fully saturated rings. The van der Waals surface area contributed by atoms with E-state index < -0.39 is 11.8 Å². The average Bonchev–Trinajstić information content (AvgIpc) is 3.71. The normalized spacial score (nSPS) is 13.9. The van der Waals surface area contributed by atoms with Gasteiger partial charge in [-0.2, -0.15) is 0 Å². The number of rotatable bonds is 12. The Morgan fingerprint density at radius 2 is 1.92 bits per heavy atom. The largest absolute Gasteiger partial charge is 0.497 e. The van der Waals surface area contributed by atoms with Crippen LogP contribution < -0.4 is 14.2 Å². The number of methoxy groups -OCH3 is 1. The first-order chi connectivity index (χ1) is 17.3. The molecule has 0 spiro atoms. The van der Waals surface area contributed by atoms with Crippen molar-refractivity contribution in [2.75, 3.05) is 13.7 Å². The molecule has 1 saturated carbocycles. The average molecular weight is 496 g/mol. The van der Waals surface area contributed by atoms with E-state index in [-0.39, 0.29) is 24.9 Å². The van der Waals surface area contributed by atoms with Gasteiger partial charge in [0, 0.05) is 35.4 Å². The van der Waals surface area contributed by atoms with Crippen molar-refractivity contribution in [1.29, 1.82) is 0 Å². The lowest BCUT2D eigenvalue weighted by atomic mass is 9.95. The molecule has 1 aliphatic rings. The summed E-state index contributed by atoms with van der Waals surface area (Å²) in [5.74, 6) is 0.546. The number of carboxylic acids is 1. The molecule has 8 nitrogen and oxygen atoms in total. The van der Waals surface area contributed by atoms with Gasteiger partial charge in [0.1, 0.15) is 30.3 Å². The van der Waals surface area contributed by atoms with E-state index in [1.165, 1.54) is 19.5 Å². The SMILES string of the molecule is COc1ccc(F)c(-c2cnc(COc3cc(C(CC(=O)O)C4CC4)ncn3)cc2OCC(C)C)c1. The van der Waals surface area contributed by atoms with Crippen LogP contribution in [0.2, 0.25) is 0 Å². The summed E-state index contributed by atoms with van der Waals surface area (Å²) in [5, 5.41) is 9.27. The molecular formula is C27H30FN3O5. The van der Waals surface area contributed by atoms with Gasteiger partial charge in [0.2, 0.25) is 5.88 Å². The summed E-state index contributed by atoms with van der Waals surface area (Å²) in [5.41, 5.74) is 2.09. The standard InChI is InChI=1S/C27H30FN3O5/c1-16(2)13-35-25-8-18(29-12-22(25)21-9-19(34-3)6-7-23(21)28)14-36-26-11-24(30-15-31-26)20(10-27(32)33)17-4-5-17/h6-9,11-12,15-17,20H,4-5,10,13-14H2,1-3H3,(H,32,33). The van der Waals surface area contributed by atoms with Gasteiger partial charge in [-0.1, -0.05) is 13.8 Å². The lowest BCUT2D eigenvalue weighted by Crippen LogP contribution is -2.11. The third kappa shape index (κ3) is 6.47. The van der Waals surface area contributed by atoms with Crippen molar-refractivity contribution in [2.45, 2.75) is 45.6 Å². The van der Waals surface area contributed by atoms with Gasteiger partial charge in [-0.3, -0.25) is 9.78 Å². The highest BCUT2D eigenvalue weighted by Crippen LogP contribution is 2.44. The van der Waals surface area contributed by atoms with E-state index in [2.05, 4.69) is 15.0 Å². The van der Waals surface area contributed by atoms with E-state index in [1.54, 1.807) is 30.5 Å². The number of pyridine rings is 1. The van der Waals surface area contributed by atoms with Crippen molar-refractivity contribution >= 4 is 5.97 Å². The number of benzene rings is 1. The molecule has 1 aromatic carbocycles. The predicted octanol–water partition coefficient (Wildman–Crippen LogP) is 5.27. The number of hydrogen-bond donors (Lipinski definition) is 1. The Bertz CT molecular complexity index is 1220. The highest BCUT2D eigenvalue weighted by atomic mass is 19.1. The molecule has 2 heterocycles. The van der Waals surface area contributed by atoms with Crippen molar-refractivity contribution in [1.82, 2.24) is 15.0 Å². The van der Waals surface area contributed by atoms with Crippen molar-refractivity contribution in [3.8, 4) is 28.5 Å². The smallest absolute Gasteiger partial charge is 0.304 e. The third-order valence-corrected chi connectivity index (χ3v) is 5.96. The fourth-order valence-corrected chi connectivity index (χ4v) is 3.95. The number of aliphatic carboxylic acids is 1. The summed E-state index contributed by atoms with van der Waals surface area (Å²) < 4.78 is 31.8. The molecule has 0 saturated heterocycles. The molecule has 9 heteroatoms. The fourth-order valence-electron chi connectivity index (χ4n) is 3.95.